The third-order valence-electron chi connectivity index (χ3n) is 4.35. The molecule has 7 heteroatoms. The SMILES string of the molecule is CC1(C)CCN(C(=O)Nc2ccc(C3CC3)nn2)CCS1=O. The zero-order valence-electron chi connectivity index (χ0n) is 13.0. The van der Waals surface area contributed by atoms with Crippen LogP contribution >= 0.6 is 0 Å². The lowest BCUT2D eigenvalue weighted by molar-refractivity contribution is 0.214. The summed E-state index contributed by atoms with van der Waals surface area (Å²) in [7, 11) is -0.903. The van der Waals surface area contributed by atoms with Crippen LogP contribution in [0.1, 0.15) is 44.7 Å². The van der Waals surface area contributed by atoms with Crippen LogP contribution in [0.3, 0.4) is 0 Å². The Kier molecular flexibility index (Phi) is 4.16. The molecule has 0 aromatic carbocycles. The predicted molar refractivity (Wildman–Crippen MR) is 86.3 cm³/mol. The summed E-state index contributed by atoms with van der Waals surface area (Å²) < 4.78 is 11.9. The topological polar surface area (TPSA) is 75.2 Å². The standard InChI is InChI=1S/C15H22N4O2S/c1-15(2)7-8-19(9-10-22(15)21)14(20)16-13-6-5-12(17-18-13)11-3-4-11/h5-6,11H,3-4,7-10H2,1-2H3,(H,16,18,20). The molecule has 1 saturated carbocycles. The Balaban J connectivity index is 1.60. The quantitative estimate of drug-likeness (QED) is 0.905. The van der Waals surface area contributed by atoms with Crippen molar-refractivity contribution >= 4 is 22.6 Å². The highest BCUT2D eigenvalue weighted by Crippen LogP contribution is 2.38. The molecule has 1 aliphatic carbocycles. The van der Waals surface area contributed by atoms with E-state index in [1.807, 2.05) is 19.9 Å². The summed E-state index contributed by atoms with van der Waals surface area (Å²) in [6.07, 6.45) is 3.10. The van der Waals surface area contributed by atoms with E-state index in [9.17, 15) is 9.00 Å². The normalized spacial score (nSPS) is 24.6. The van der Waals surface area contributed by atoms with Gasteiger partial charge in [0, 0.05) is 40.3 Å². The number of carbonyl (C=O) groups excluding carboxylic acids is 1. The summed E-state index contributed by atoms with van der Waals surface area (Å²) in [5.74, 6) is 1.55. The highest BCUT2D eigenvalue weighted by atomic mass is 32.2. The molecule has 0 radical (unpaired) electrons. The molecule has 6 nitrogen and oxygen atoms in total. The van der Waals surface area contributed by atoms with E-state index in [1.165, 1.54) is 12.8 Å². The predicted octanol–water partition coefficient (Wildman–Crippen LogP) is 2.12. The van der Waals surface area contributed by atoms with E-state index >= 15 is 0 Å². The Hall–Kier alpha value is -1.50. The molecule has 0 bridgehead atoms. The lowest BCUT2D eigenvalue weighted by atomic mass is 10.1. The average molecular weight is 322 g/mol. The summed E-state index contributed by atoms with van der Waals surface area (Å²) in [5.41, 5.74) is 1.00. The summed E-state index contributed by atoms with van der Waals surface area (Å²) in [6, 6.07) is 3.54. The zero-order valence-corrected chi connectivity index (χ0v) is 13.9. The van der Waals surface area contributed by atoms with Crippen LogP contribution in [0.25, 0.3) is 0 Å². The van der Waals surface area contributed by atoms with Gasteiger partial charge < -0.3 is 4.90 Å². The fourth-order valence-electron chi connectivity index (χ4n) is 2.50. The molecule has 1 aromatic heterocycles. The van der Waals surface area contributed by atoms with E-state index in [2.05, 4.69) is 15.5 Å². The second kappa shape index (κ2) is 5.95. The molecule has 22 heavy (non-hydrogen) atoms. The number of amides is 2. The van der Waals surface area contributed by atoms with E-state index in [0.717, 1.165) is 12.1 Å². The van der Waals surface area contributed by atoms with Gasteiger partial charge in [-0.05, 0) is 45.2 Å². The third-order valence-corrected chi connectivity index (χ3v) is 6.34. The maximum Gasteiger partial charge on any atom is 0.323 e. The van der Waals surface area contributed by atoms with Crippen LogP contribution in [0.4, 0.5) is 10.6 Å². The number of nitrogens with zero attached hydrogens (tertiary/aromatic N) is 3. The first-order chi connectivity index (χ1) is 10.5. The van der Waals surface area contributed by atoms with Gasteiger partial charge in [-0.25, -0.2) is 4.79 Å². The van der Waals surface area contributed by atoms with Gasteiger partial charge in [0.25, 0.3) is 0 Å². The highest BCUT2D eigenvalue weighted by Gasteiger charge is 2.31. The molecule has 120 valence electrons. The third kappa shape index (κ3) is 3.45. The van der Waals surface area contributed by atoms with E-state index in [-0.39, 0.29) is 10.8 Å². The fraction of sp³-hybridized carbons (Fsp3) is 0.667. The van der Waals surface area contributed by atoms with Crippen LogP contribution in [-0.4, -0.2) is 48.9 Å². The number of carbonyl (C=O) groups is 1. The number of urea groups is 1. The van der Waals surface area contributed by atoms with Gasteiger partial charge in [0.15, 0.2) is 5.82 Å². The van der Waals surface area contributed by atoms with Crippen molar-refractivity contribution < 1.29 is 9.00 Å². The molecule has 1 N–H and O–H groups in total. The van der Waals surface area contributed by atoms with Crippen molar-refractivity contribution in [3.05, 3.63) is 17.8 Å². The van der Waals surface area contributed by atoms with Crippen LogP contribution in [0, 0.1) is 0 Å². The minimum absolute atomic E-state index is 0.192. The number of aromatic nitrogens is 2. The Labute approximate surface area is 133 Å². The molecule has 1 saturated heterocycles. The molecule has 2 fully saturated rings. The minimum Gasteiger partial charge on any atom is -0.324 e. The maximum absolute atomic E-state index is 12.3. The van der Waals surface area contributed by atoms with Crippen molar-refractivity contribution in [1.29, 1.82) is 0 Å². The minimum atomic E-state index is -0.903. The van der Waals surface area contributed by atoms with Gasteiger partial charge >= 0.3 is 6.03 Å². The first-order valence-corrected chi connectivity index (χ1v) is 9.06. The number of nitrogens with one attached hydrogen (secondary N) is 1. The van der Waals surface area contributed by atoms with Gasteiger partial charge in [0.05, 0.1) is 5.69 Å². The summed E-state index contributed by atoms with van der Waals surface area (Å²) in [5, 5.41) is 11.0. The van der Waals surface area contributed by atoms with Gasteiger partial charge in [0.2, 0.25) is 0 Å². The Morgan fingerprint density at radius 1 is 1.32 bits per heavy atom. The lowest BCUT2D eigenvalue weighted by Gasteiger charge is -2.22. The number of anilines is 1. The molecule has 2 aliphatic rings. The first-order valence-electron chi connectivity index (χ1n) is 7.74. The monoisotopic (exact) mass is 322 g/mol. The van der Waals surface area contributed by atoms with Crippen LogP contribution in [0.2, 0.25) is 0 Å². The molecule has 2 heterocycles. The van der Waals surface area contributed by atoms with E-state index in [0.29, 0.717) is 30.6 Å². The van der Waals surface area contributed by atoms with E-state index in [1.54, 1.807) is 11.0 Å². The smallest absolute Gasteiger partial charge is 0.323 e. The van der Waals surface area contributed by atoms with Crippen molar-refractivity contribution in [3.8, 4) is 0 Å². The number of hydrogen-bond acceptors (Lipinski definition) is 4. The van der Waals surface area contributed by atoms with Crippen molar-refractivity contribution in [2.24, 2.45) is 0 Å². The lowest BCUT2D eigenvalue weighted by Crippen LogP contribution is -2.37. The second-order valence-corrected chi connectivity index (χ2v) is 8.80. The molecule has 1 aliphatic heterocycles. The van der Waals surface area contributed by atoms with Gasteiger partial charge in [-0.2, -0.15) is 5.10 Å². The Morgan fingerprint density at radius 3 is 2.73 bits per heavy atom. The maximum atomic E-state index is 12.3. The van der Waals surface area contributed by atoms with Crippen molar-refractivity contribution in [2.45, 2.75) is 43.8 Å². The molecule has 1 aromatic rings. The van der Waals surface area contributed by atoms with E-state index in [4.69, 9.17) is 0 Å². The van der Waals surface area contributed by atoms with Gasteiger partial charge in [-0.15, -0.1) is 5.10 Å². The van der Waals surface area contributed by atoms with Gasteiger partial charge in [0.1, 0.15) is 0 Å². The first kappa shape index (κ1) is 15.4. The molecular formula is C15H22N4O2S. The van der Waals surface area contributed by atoms with Crippen molar-refractivity contribution in [2.75, 3.05) is 24.2 Å². The summed E-state index contributed by atoms with van der Waals surface area (Å²) in [6.45, 7) is 5.10. The average Bonchev–Trinajstić information content (AvgIpc) is 3.32. The molecule has 1 unspecified atom stereocenters. The molecule has 3 rings (SSSR count). The number of rotatable bonds is 2. The van der Waals surface area contributed by atoms with Crippen molar-refractivity contribution in [1.82, 2.24) is 15.1 Å². The van der Waals surface area contributed by atoms with Gasteiger partial charge in [-0.3, -0.25) is 9.53 Å². The van der Waals surface area contributed by atoms with Crippen LogP contribution in [-0.2, 0) is 10.8 Å². The Morgan fingerprint density at radius 2 is 2.09 bits per heavy atom. The molecule has 2 amide bonds. The number of hydrogen-bond donors (Lipinski definition) is 1. The second-order valence-electron chi connectivity index (χ2n) is 6.59. The van der Waals surface area contributed by atoms with Crippen LogP contribution < -0.4 is 5.32 Å². The fourth-order valence-corrected chi connectivity index (χ4v) is 3.75. The largest absolute Gasteiger partial charge is 0.324 e. The zero-order chi connectivity index (χ0) is 15.7. The van der Waals surface area contributed by atoms with Crippen LogP contribution in [0.15, 0.2) is 12.1 Å². The Bertz CT molecular complexity index is 584. The highest BCUT2D eigenvalue weighted by molar-refractivity contribution is 7.86. The van der Waals surface area contributed by atoms with Crippen molar-refractivity contribution in [3.63, 3.8) is 0 Å². The molecule has 0 spiro atoms. The van der Waals surface area contributed by atoms with Gasteiger partial charge in [-0.1, -0.05) is 0 Å². The summed E-state index contributed by atoms with van der Waals surface area (Å²) >= 11 is 0. The summed E-state index contributed by atoms with van der Waals surface area (Å²) in [4.78, 5) is 14.0. The molecule has 1 atom stereocenters. The molecular weight excluding hydrogens is 300 g/mol. The van der Waals surface area contributed by atoms with E-state index < -0.39 is 10.8 Å². The van der Waals surface area contributed by atoms with Crippen LogP contribution in [0.5, 0.6) is 0 Å².